The molecule has 0 spiro atoms. The number of carbonyl (C=O) groups is 1. The number of halogens is 1. The van der Waals surface area contributed by atoms with Gasteiger partial charge >= 0.3 is 0 Å². The standard InChI is InChI=1S/C15H12ClNO2/c16-13-8-6-11(7-9-15(17)18)10-14(13)19-12-4-2-1-3-5-12/h1-10H,(H2,17,18)/b9-7+. The maximum atomic E-state index is 10.7. The van der Waals surface area contributed by atoms with Gasteiger partial charge in [0, 0.05) is 6.08 Å². The summed E-state index contributed by atoms with van der Waals surface area (Å²) in [4.78, 5) is 10.7. The fourth-order valence-corrected chi connectivity index (χ4v) is 1.65. The minimum Gasteiger partial charge on any atom is -0.456 e. The lowest BCUT2D eigenvalue weighted by molar-refractivity contribution is -0.113. The van der Waals surface area contributed by atoms with Crippen LogP contribution in [0.4, 0.5) is 0 Å². The van der Waals surface area contributed by atoms with Gasteiger partial charge in [0.1, 0.15) is 11.5 Å². The summed E-state index contributed by atoms with van der Waals surface area (Å²) in [5.41, 5.74) is 5.83. The average Bonchev–Trinajstić information content (AvgIpc) is 2.41. The van der Waals surface area contributed by atoms with Gasteiger partial charge in [-0.3, -0.25) is 4.79 Å². The maximum Gasteiger partial charge on any atom is 0.241 e. The lowest BCUT2D eigenvalue weighted by Crippen LogP contribution is -2.05. The second kappa shape index (κ2) is 6.07. The van der Waals surface area contributed by atoms with E-state index in [1.165, 1.54) is 6.08 Å². The SMILES string of the molecule is NC(=O)/C=C/c1ccc(Cl)c(Oc2ccccc2)c1. The van der Waals surface area contributed by atoms with Crippen molar-refractivity contribution in [3.63, 3.8) is 0 Å². The van der Waals surface area contributed by atoms with Gasteiger partial charge in [0.2, 0.25) is 5.91 Å². The zero-order chi connectivity index (χ0) is 13.7. The molecule has 0 fully saturated rings. The monoisotopic (exact) mass is 273 g/mol. The minimum absolute atomic E-state index is 0.500. The van der Waals surface area contributed by atoms with Gasteiger partial charge in [-0.1, -0.05) is 35.9 Å². The number of para-hydroxylation sites is 1. The van der Waals surface area contributed by atoms with E-state index in [1.807, 2.05) is 30.3 Å². The van der Waals surface area contributed by atoms with E-state index < -0.39 is 5.91 Å². The molecule has 2 aromatic rings. The predicted octanol–water partition coefficient (Wildman–Crippen LogP) is 3.63. The zero-order valence-corrected chi connectivity index (χ0v) is 10.8. The van der Waals surface area contributed by atoms with E-state index in [1.54, 1.807) is 24.3 Å². The number of hydrogen-bond donors (Lipinski definition) is 1. The molecule has 2 N–H and O–H groups in total. The molecule has 0 aromatic heterocycles. The molecule has 19 heavy (non-hydrogen) atoms. The highest BCUT2D eigenvalue weighted by Gasteiger charge is 2.03. The van der Waals surface area contributed by atoms with E-state index in [9.17, 15) is 4.79 Å². The zero-order valence-electron chi connectivity index (χ0n) is 10.0. The van der Waals surface area contributed by atoms with E-state index >= 15 is 0 Å². The van der Waals surface area contributed by atoms with Crippen molar-refractivity contribution in [3.05, 3.63) is 65.2 Å². The third kappa shape index (κ3) is 3.86. The minimum atomic E-state index is -0.500. The Morgan fingerprint density at radius 1 is 1.16 bits per heavy atom. The van der Waals surface area contributed by atoms with Crippen molar-refractivity contribution in [2.45, 2.75) is 0 Å². The number of amides is 1. The van der Waals surface area contributed by atoms with Gasteiger partial charge < -0.3 is 10.5 Å². The molecule has 2 rings (SSSR count). The van der Waals surface area contributed by atoms with Crippen LogP contribution in [0.3, 0.4) is 0 Å². The first-order valence-electron chi connectivity index (χ1n) is 5.65. The van der Waals surface area contributed by atoms with Gasteiger partial charge in [-0.05, 0) is 35.9 Å². The van der Waals surface area contributed by atoms with Gasteiger partial charge in [0.05, 0.1) is 5.02 Å². The Labute approximate surface area is 116 Å². The molecule has 0 heterocycles. The Morgan fingerprint density at radius 2 is 1.89 bits per heavy atom. The van der Waals surface area contributed by atoms with Crippen LogP contribution in [0.5, 0.6) is 11.5 Å². The summed E-state index contributed by atoms with van der Waals surface area (Å²) in [5.74, 6) is 0.723. The van der Waals surface area contributed by atoms with Crippen LogP contribution in [0, 0.1) is 0 Å². The van der Waals surface area contributed by atoms with Gasteiger partial charge in [0.25, 0.3) is 0 Å². The first kappa shape index (κ1) is 13.2. The molecule has 0 saturated heterocycles. The highest BCUT2D eigenvalue weighted by Crippen LogP contribution is 2.30. The molecule has 4 heteroatoms. The van der Waals surface area contributed by atoms with Crippen molar-refractivity contribution in [2.75, 3.05) is 0 Å². The fraction of sp³-hybridized carbons (Fsp3) is 0. The molecule has 0 aliphatic heterocycles. The maximum absolute atomic E-state index is 10.7. The van der Waals surface area contributed by atoms with Crippen molar-refractivity contribution in [1.82, 2.24) is 0 Å². The predicted molar refractivity (Wildman–Crippen MR) is 76.2 cm³/mol. The molecule has 0 aliphatic carbocycles. The quantitative estimate of drug-likeness (QED) is 0.865. The van der Waals surface area contributed by atoms with Crippen LogP contribution < -0.4 is 10.5 Å². The number of carbonyl (C=O) groups excluding carboxylic acids is 1. The summed E-state index contributed by atoms with van der Waals surface area (Å²) in [6.45, 7) is 0. The Hall–Kier alpha value is -2.26. The van der Waals surface area contributed by atoms with Crippen molar-refractivity contribution in [3.8, 4) is 11.5 Å². The van der Waals surface area contributed by atoms with Crippen molar-refractivity contribution < 1.29 is 9.53 Å². The van der Waals surface area contributed by atoms with Crippen LogP contribution in [-0.2, 0) is 4.79 Å². The molecule has 0 unspecified atom stereocenters. The second-order valence-corrected chi connectivity index (χ2v) is 4.25. The van der Waals surface area contributed by atoms with Crippen LogP contribution in [-0.4, -0.2) is 5.91 Å². The number of rotatable bonds is 4. The summed E-state index contributed by atoms with van der Waals surface area (Å²) in [7, 11) is 0. The highest BCUT2D eigenvalue weighted by molar-refractivity contribution is 6.32. The third-order valence-corrected chi connectivity index (χ3v) is 2.68. The summed E-state index contributed by atoms with van der Waals surface area (Å²) in [6, 6.07) is 14.6. The van der Waals surface area contributed by atoms with Gasteiger partial charge in [-0.2, -0.15) is 0 Å². The second-order valence-electron chi connectivity index (χ2n) is 3.84. The Balaban J connectivity index is 2.25. The number of nitrogens with two attached hydrogens (primary N) is 1. The molecule has 0 atom stereocenters. The molecule has 96 valence electrons. The van der Waals surface area contributed by atoms with E-state index in [-0.39, 0.29) is 0 Å². The van der Waals surface area contributed by atoms with Crippen LogP contribution in [0.1, 0.15) is 5.56 Å². The summed E-state index contributed by atoms with van der Waals surface area (Å²) >= 11 is 6.07. The summed E-state index contributed by atoms with van der Waals surface area (Å²) in [6.07, 6.45) is 2.89. The summed E-state index contributed by atoms with van der Waals surface area (Å²) in [5, 5.41) is 0.500. The molecular weight excluding hydrogens is 262 g/mol. The molecule has 2 aromatic carbocycles. The molecule has 0 aliphatic rings. The smallest absolute Gasteiger partial charge is 0.241 e. The number of benzene rings is 2. The molecular formula is C15H12ClNO2. The molecule has 0 bridgehead atoms. The van der Waals surface area contributed by atoms with Gasteiger partial charge in [0.15, 0.2) is 0 Å². The topological polar surface area (TPSA) is 52.3 Å². The molecule has 1 amide bonds. The van der Waals surface area contributed by atoms with E-state index in [0.29, 0.717) is 16.5 Å². The highest BCUT2D eigenvalue weighted by atomic mass is 35.5. The van der Waals surface area contributed by atoms with Crippen molar-refractivity contribution in [1.29, 1.82) is 0 Å². The lowest BCUT2D eigenvalue weighted by Gasteiger charge is -2.08. The van der Waals surface area contributed by atoms with E-state index in [2.05, 4.69) is 0 Å². The third-order valence-electron chi connectivity index (χ3n) is 2.37. The Morgan fingerprint density at radius 3 is 2.58 bits per heavy atom. The van der Waals surface area contributed by atoms with Gasteiger partial charge in [-0.25, -0.2) is 0 Å². The fourth-order valence-electron chi connectivity index (χ4n) is 1.50. The first-order valence-corrected chi connectivity index (χ1v) is 6.03. The van der Waals surface area contributed by atoms with E-state index in [0.717, 1.165) is 5.56 Å². The molecule has 0 saturated carbocycles. The van der Waals surface area contributed by atoms with Crippen molar-refractivity contribution in [2.24, 2.45) is 5.73 Å². The molecule has 3 nitrogen and oxygen atoms in total. The lowest BCUT2D eigenvalue weighted by atomic mass is 10.2. The van der Waals surface area contributed by atoms with E-state index in [4.69, 9.17) is 22.1 Å². The Bertz CT molecular complexity index is 609. The number of ether oxygens (including phenoxy) is 1. The van der Waals surface area contributed by atoms with Crippen LogP contribution in [0.15, 0.2) is 54.6 Å². The average molecular weight is 274 g/mol. The van der Waals surface area contributed by atoms with Crippen LogP contribution in [0.25, 0.3) is 6.08 Å². The first-order chi connectivity index (χ1) is 9.15. The van der Waals surface area contributed by atoms with Crippen LogP contribution in [0.2, 0.25) is 5.02 Å². The van der Waals surface area contributed by atoms with Gasteiger partial charge in [-0.15, -0.1) is 0 Å². The number of primary amides is 1. The van der Waals surface area contributed by atoms with Crippen molar-refractivity contribution >= 4 is 23.6 Å². The molecule has 0 radical (unpaired) electrons. The van der Waals surface area contributed by atoms with Crippen LogP contribution >= 0.6 is 11.6 Å². The summed E-state index contributed by atoms with van der Waals surface area (Å²) < 4.78 is 5.67. The normalized spacial score (nSPS) is 10.6. The Kier molecular flexibility index (Phi) is 4.21. The largest absolute Gasteiger partial charge is 0.456 e. The number of hydrogen-bond acceptors (Lipinski definition) is 2.